The largest absolute Gasteiger partial charge is 0.355 e. The van der Waals surface area contributed by atoms with Crippen LogP contribution in [0.2, 0.25) is 5.02 Å². The Balaban J connectivity index is 1.61. The smallest absolute Gasteiger partial charge is 0.190 e. The quantitative estimate of drug-likeness (QED) is 0.234. The zero-order valence-corrected chi connectivity index (χ0v) is 20.2. The molecule has 0 unspecified atom stereocenters. The van der Waals surface area contributed by atoms with Gasteiger partial charge < -0.3 is 4.90 Å². The molecule has 0 amide bonds. The lowest BCUT2D eigenvalue weighted by molar-refractivity contribution is 0.726. The van der Waals surface area contributed by atoms with E-state index >= 15 is 0 Å². The van der Waals surface area contributed by atoms with Gasteiger partial charge >= 0.3 is 0 Å². The lowest BCUT2D eigenvalue weighted by Crippen LogP contribution is -2.25. The van der Waals surface area contributed by atoms with Crippen LogP contribution in [0, 0.1) is 13.8 Å². The van der Waals surface area contributed by atoms with E-state index in [1.54, 1.807) is 23.1 Å². The second-order valence-electron chi connectivity index (χ2n) is 8.19. The highest BCUT2D eigenvalue weighted by Gasteiger charge is 2.21. The molecule has 4 aromatic rings. The standard InChI is InChI=1S/C24H25ClN4S2/c1-15-13-16(2)26-23-19(15)20-21(31-23)22(29-11-5-3-4-6-12-29)28-24(27-20)30-14-17-7-9-18(25)10-8-17/h7-10,13H,3-6,11-12,14H2,1-2H3. The van der Waals surface area contributed by atoms with Gasteiger partial charge in [-0.3, -0.25) is 0 Å². The van der Waals surface area contributed by atoms with Crippen molar-refractivity contribution in [2.45, 2.75) is 50.4 Å². The van der Waals surface area contributed by atoms with Gasteiger partial charge in [0.15, 0.2) is 11.0 Å². The summed E-state index contributed by atoms with van der Waals surface area (Å²) in [5.74, 6) is 1.91. The molecular formula is C24H25ClN4S2. The second-order valence-corrected chi connectivity index (χ2v) is 10.6. The first-order valence-corrected chi connectivity index (χ1v) is 13.0. The fraction of sp³-hybridized carbons (Fsp3) is 0.375. The summed E-state index contributed by atoms with van der Waals surface area (Å²) in [6.07, 6.45) is 5.05. The number of hydrogen-bond acceptors (Lipinski definition) is 6. The highest BCUT2D eigenvalue weighted by atomic mass is 35.5. The van der Waals surface area contributed by atoms with Crippen LogP contribution in [-0.4, -0.2) is 28.0 Å². The normalized spacial score (nSPS) is 15.0. The lowest BCUT2D eigenvalue weighted by atomic mass is 10.1. The maximum absolute atomic E-state index is 6.04. The minimum atomic E-state index is 0.762. The lowest BCUT2D eigenvalue weighted by Gasteiger charge is -2.22. The van der Waals surface area contributed by atoms with Crippen LogP contribution in [-0.2, 0) is 5.75 Å². The molecule has 4 nitrogen and oxygen atoms in total. The number of rotatable bonds is 4. The van der Waals surface area contributed by atoms with Gasteiger partial charge in [-0.15, -0.1) is 11.3 Å². The van der Waals surface area contributed by atoms with Crippen molar-refractivity contribution >= 4 is 61.0 Å². The topological polar surface area (TPSA) is 41.9 Å². The van der Waals surface area contributed by atoms with Crippen molar-refractivity contribution in [3.8, 4) is 0 Å². The third-order valence-electron chi connectivity index (χ3n) is 5.76. The molecule has 1 fully saturated rings. The number of anilines is 1. The van der Waals surface area contributed by atoms with Crippen LogP contribution in [0.25, 0.3) is 20.4 Å². The van der Waals surface area contributed by atoms with Crippen LogP contribution in [0.4, 0.5) is 5.82 Å². The first-order chi connectivity index (χ1) is 15.1. The molecule has 0 bridgehead atoms. The monoisotopic (exact) mass is 468 g/mol. The Morgan fingerprint density at radius 2 is 1.74 bits per heavy atom. The summed E-state index contributed by atoms with van der Waals surface area (Å²) in [5.41, 5.74) is 4.57. The Kier molecular flexibility index (Phi) is 6.04. The third-order valence-corrected chi connectivity index (χ3v) is 8.00. The molecule has 4 heterocycles. The van der Waals surface area contributed by atoms with Crippen LogP contribution in [0.3, 0.4) is 0 Å². The number of aryl methyl sites for hydroxylation is 2. The number of aromatic nitrogens is 3. The molecule has 0 spiro atoms. The number of hydrogen-bond donors (Lipinski definition) is 0. The van der Waals surface area contributed by atoms with E-state index in [0.717, 1.165) is 50.9 Å². The number of thioether (sulfide) groups is 1. The predicted molar refractivity (Wildman–Crippen MR) is 134 cm³/mol. The number of fused-ring (bicyclic) bond motifs is 3. The Morgan fingerprint density at radius 1 is 1.00 bits per heavy atom. The third kappa shape index (κ3) is 4.38. The molecule has 1 saturated heterocycles. The van der Waals surface area contributed by atoms with E-state index in [4.69, 9.17) is 26.6 Å². The van der Waals surface area contributed by atoms with E-state index in [2.05, 4.69) is 36.9 Å². The van der Waals surface area contributed by atoms with Gasteiger partial charge in [-0.2, -0.15) is 0 Å². The predicted octanol–water partition coefficient (Wildman–Crippen LogP) is 7.18. The molecule has 0 N–H and O–H groups in total. The molecule has 7 heteroatoms. The van der Waals surface area contributed by atoms with Crippen molar-refractivity contribution in [3.63, 3.8) is 0 Å². The van der Waals surface area contributed by atoms with Crippen molar-refractivity contribution in [2.24, 2.45) is 0 Å². The SMILES string of the molecule is Cc1cc(C)c2c(n1)sc1c(N3CCCCCC3)nc(SCc3ccc(Cl)cc3)nc12. The number of pyridine rings is 1. The first-order valence-electron chi connectivity index (χ1n) is 10.8. The minimum Gasteiger partial charge on any atom is -0.355 e. The molecule has 0 radical (unpaired) electrons. The fourth-order valence-corrected chi connectivity index (χ4v) is 6.41. The zero-order chi connectivity index (χ0) is 21.4. The number of nitrogens with zero attached hydrogens (tertiary/aromatic N) is 4. The summed E-state index contributed by atoms with van der Waals surface area (Å²) in [7, 11) is 0. The molecule has 1 aromatic carbocycles. The van der Waals surface area contributed by atoms with Crippen LogP contribution >= 0.6 is 34.7 Å². The Hall–Kier alpha value is -1.89. The van der Waals surface area contributed by atoms with Gasteiger partial charge in [-0.1, -0.05) is 48.3 Å². The van der Waals surface area contributed by atoms with Crippen molar-refractivity contribution in [1.29, 1.82) is 0 Å². The molecular weight excluding hydrogens is 444 g/mol. The summed E-state index contributed by atoms with van der Waals surface area (Å²) < 4.78 is 1.17. The van der Waals surface area contributed by atoms with Crippen LogP contribution in [0.15, 0.2) is 35.5 Å². The van der Waals surface area contributed by atoms with E-state index in [1.807, 2.05) is 12.1 Å². The average molecular weight is 469 g/mol. The highest BCUT2D eigenvalue weighted by Crippen LogP contribution is 2.40. The number of thiophene rings is 1. The summed E-state index contributed by atoms with van der Waals surface area (Å²) >= 11 is 9.47. The van der Waals surface area contributed by atoms with E-state index in [9.17, 15) is 0 Å². The maximum Gasteiger partial charge on any atom is 0.190 e. The van der Waals surface area contributed by atoms with E-state index in [-0.39, 0.29) is 0 Å². The van der Waals surface area contributed by atoms with Crippen molar-refractivity contribution in [3.05, 3.63) is 52.2 Å². The first kappa shape index (κ1) is 21.0. The maximum atomic E-state index is 6.04. The van der Waals surface area contributed by atoms with E-state index in [1.165, 1.54) is 46.9 Å². The number of benzene rings is 1. The van der Waals surface area contributed by atoms with E-state index in [0.29, 0.717) is 0 Å². The highest BCUT2D eigenvalue weighted by molar-refractivity contribution is 7.98. The summed E-state index contributed by atoms with van der Waals surface area (Å²) in [6, 6.07) is 10.2. The van der Waals surface area contributed by atoms with Crippen LogP contribution < -0.4 is 4.90 Å². The molecule has 1 aliphatic rings. The summed E-state index contributed by atoms with van der Waals surface area (Å²) in [5, 5.41) is 2.77. The second kappa shape index (κ2) is 8.93. The van der Waals surface area contributed by atoms with Gasteiger partial charge in [0.05, 0.1) is 10.2 Å². The molecule has 0 atom stereocenters. The van der Waals surface area contributed by atoms with Gasteiger partial charge in [0.2, 0.25) is 0 Å². The molecule has 5 rings (SSSR count). The zero-order valence-electron chi connectivity index (χ0n) is 17.8. The van der Waals surface area contributed by atoms with Crippen LogP contribution in [0.5, 0.6) is 0 Å². The molecule has 1 aliphatic heterocycles. The van der Waals surface area contributed by atoms with Crippen LogP contribution in [0.1, 0.15) is 42.5 Å². The van der Waals surface area contributed by atoms with Gasteiger partial charge in [-0.25, -0.2) is 15.0 Å². The van der Waals surface area contributed by atoms with Gasteiger partial charge in [0.25, 0.3) is 0 Å². The van der Waals surface area contributed by atoms with Gasteiger partial charge in [0.1, 0.15) is 4.83 Å². The van der Waals surface area contributed by atoms with Crippen molar-refractivity contribution < 1.29 is 0 Å². The minimum absolute atomic E-state index is 0.762. The van der Waals surface area contributed by atoms with E-state index < -0.39 is 0 Å². The average Bonchev–Trinajstić information content (AvgIpc) is 2.92. The Morgan fingerprint density at radius 3 is 2.48 bits per heavy atom. The molecule has 160 valence electrons. The fourth-order valence-electron chi connectivity index (χ4n) is 4.23. The Labute approximate surface area is 196 Å². The molecule has 31 heavy (non-hydrogen) atoms. The van der Waals surface area contributed by atoms with Gasteiger partial charge in [-0.05, 0) is 56.0 Å². The summed E-state index contributed by atoms with van der Waals surface area (Å²) in [6.45, 7) is 6.35. The van der Waals surface area contributed by atoms with Crippen molar-refractivity contribution in [2.75, 3.05) is 18.0 Å². The summed E-state index contributed by atoms with van der Waals surface area (Å²) in [4.78, 5) is 18.5. The van der Waals surface area contributed by atoms with Gasteiger partial charge in [0, 0.05) is 34.9 Å². The number of halogens is 1. The Bertz CT molecular complexity index is 1230. The van der Waals surface area contributed by atoms with Crippen molar-refractivity contribution in [1.82, 2.24) is 15.0 Å². The molecule has 0 aliphatic carbocycles. The molecule has 0 saturated carbocycles. The molecule has 3 aromatic heterocycles.